The summed E-state index contributed by atoms with van der Waals surface area (Å²) < 4.78 is 6.34. The Kier molecular flexibility index (Phi) is 2.86. The molecule has 6 heteroatoms. The molecule has 0 unspecified atom stereocenters. The van der Waals surface area contributed by atoms with Gasteiger partial charge in [0.1, 0.15) is 5.56 Å². The lowest BCUT2D eigenvalue weighted by Crippen LogP contribution is -2.06. The molecule has 0 N–H and O–H groups in total. The molecule has 0 saturated heterocycles. The van der Waals surface area contributed by atoms with Gasteiger partial charge in [0.2, 0.25) is 0 Å². The summed E-state index contributed by atoms with van der Waals surface area (Å²) in [7, 11) is 0. The molecule has 0 amide bonds. The smallest absolute Gasteiger partial charge is 0.343 e. The van der Waals surface area contributed by atoms with E-state index in [0.717, 1.165) is 0 Å². The Labute approximate surface area is 97.2 Å². The van der Waals surface area contributed by atoms with Crippen molar-refractivity contribution < 1.29 is 14.3 Å². The molecule has 0 saturated carbocycles. The number of hydrogen-bond acceptors (Lipinski definition) is 5. The Hall–Kier alpha value is -2.24. The number of fused-ring (bicyclic) bond motifs is 1. The fraction of sp³-hybridized carbons (Fsp3) is 0.273. The van der Waals surface area contributed by atoms with Crippen molar-refractivity contribution in [1.29, 1.82) is 0 Å². The van der Waals surface area contributed by atoms with Gasteiger partial charge in [0.25, 0.3) is 0 Å². The van der Waals surface area contributed by atoms with E-state index in [2.05, 4.69) is 10.1 Å². The van der Waals surface area contributed by atoms with Gasteiger partial charge < -0.3 is 4.74 Å². The number of carbonyl (C=O) groups excluding carboxylic acids is 2. The number of nitrogens with zero attached hydrogens (tertiary/aromatic N) is 3. The molecular formula is C11H11N3O3. The van der Waals surface area contributed by atoms with Crippen LogP contribution in [0.25, 0.3) is 5.65 Å². The number of ether oxygens (including phenoxy) is 1. The van der Waals surface area contributed by atoms with Gasteiger partial charge in [0.05, 0.1) is 17.9 Å². The summed E-state index contributed by atoms with van der Waals surface area (Å²) in [5.41, 5.74) is 1.66. The second kappa shape index (κ2) is 4.32. The van der Waals surface area contributed by atoms with Crippen LogP contribution in [0.5, 0.6) is 0 Å². The van der Waals surface area contributed by atoms with E-state index in [4.69, 9.17) is 4.74 Å². The molecule has 0 radical (unpaired) electrons. The highest BCUT2D eigenvalue weighted by atomic mass is 16.5. The summed E-state index contributed by atoms with van der Waals surface area (Å²) in [6, 6.07) is 0. The minimum absolute atomic E-state index is 0.294. The Morgan fingerprint density at radius 3 is 3.00 bits per heavy atom. The van der Waals surface area contributed by atoms with Gasteiger partial charge in [-0.3, -0.25) is 4.79 Å². The van der Waals surface area contributed by atoms with Crippen molar-refractivity contribution in [1.82, 2.24) is 14.6 Å². The van der Waals surface area contributed by atoms with Crippen LogP contribution in [0.2, 0.25) is 0 Å². The van der Waals surface area contributed by atoms with Gasteiger partial charge in [-0.15, -0.1) is 0 Å². The Morgan fingerprint density at radius 1 is 1.59 bits per heavy atom. The lowest BCUT2D eigenvalue weighted by atomic mass is 10.2. The number of carbonyl (C=O) groups is 2. The average Bonchev–Trinajstić information content (AvgIpc) is 2.64. The highest BCUT2D eigenvalue weighted by Gasteiger charge is 2.19. The number of aromatic nitrogens is 3. The summed E-state index contributed by atoms with van der Waals surface area (Å²) in [4.78, 5) is 26.4. The molecule has 2 aromatic heterocycles. The first-order valence-electron chi connectivity index (χ1n) is 5.14. The number of aryl methyl sites for hydroxylation is 1. The molecule has 17 heavy (non-hydrogen) atoms. The maximum Gasteiger partial charge on any atom is 0.343 e. The van der Waals surface area contributed by atoms with Crippen molar-refractivity contribution in [2.45, 2.75) is 13.8 Å². The van der Waals surface area contributed by atoms with E-state index >= 15 is 0 Å². The van der Waals surface area contributed by atoms with Crippen LogP contribution in [0, 0.1) is 6.92 Å². The maximum absolute atomic E-state index is 11.7. The summed E-state index contributed by atoms with van der Waals surface area (Å²) in [6.07, 6.45) is 3.59. The molecule has 0 aliphatic carbocycles. The van der Waals surface area contributed by atoms with Gasteiger partial charge >= 0.3 is 5.97 Å². The molecule has 0 aliphatic heterocycles. The number of esters is 1. The van der Waals surface area contributed by atoms with Gasteiger partial charge in [-0.25, -0.2) is 14.3 Å². The van der Waals surface area contributed by atoms with Crippen LogP contribution in [0.1, 0.15) is 33.3 Å². The van der Waals surface area contributed by atoms with Gasteiger partial charge in [0.15, 0.2) is 11.9 Å². The van der Waals surface area contributed by atoms with Crippen LogP contribution in [0.15, 0.2) is 12.4 Å². The largest absolute Gasteiger partial charge is 0.462 e. The minimum Gasteiger partial charge on any atom is -0.462 e. The van der Waals surface area contributed by atoms with E-state index in [-0.39, 0.29) is 0 Å². The van der Waals surface area contributed by atoms with Crippen molar-refractivity contribution in [2.24, 2.45) is 0 Å². The third-order valence-electron chi connectivity index (χ3n) is 2.28. The summed E-state index contributed by atoms with van der Waals surface area (Å²) >= 11 is 0. The first-order chi connectivity index (χ1) is 8.17. The first-order valence-corrected chi connectivity index (χ1v) is 5.14. The molecule has 6 nitrogen and oxygen atoms in total. The van der Waals surface area contributed by atoms with Crippen LogP contribution < -0.4 is 0 Å². The van der Waals surface area contributed by atoms with Crippen LogP contribution >= 0.6 is 0 Å². The molecule has 2 heterocycles. The minimum atomic E-state index is -0.452. The lowest BCUT2D eigenvalue weighted by Gasteiger charge is -2.00. The highest BCUT2D eigenvalue weighted by molar-refractivity contribution is 5.97. The second-order valence-corrected chi connectivity index (χ2v) is 3.45. The Morgan fingerprint density at radius 2 is 2.35 bits per heavy atom. The zero-order valence-electron chi connectivity index (χ0n) is 9.51. The summed E-state index contributed by atoms with van der Waals surface area (Å²) in [6.45, 7) is 3.72. The quantitative estimate of drug-likeness (QED) is 0.584. The highest BCUT2D eigenvalue weighted by Crippen LogP contribution is 2.14. The van der Waals surface area contributed by atoms with Gasteiger partial charge in [-0.05, 0) is 13.8 Å². The lowest BCUT2D eigenvalue weighted by molar-refractivity contribution is 0.0527. The van der Waals surface area contributed by atoms with Crippen LogP contribution in [0.3, 0.4) is 0 Å². The van der Waals surface area contributed by atoms with Crippen molar-refractivity contribution in [2.75, 3.05) is 6.61 Å². The van der Waals surface area contributed by atoms with E-state index in [0.29, 0.717) is 35.4 Å². The zero-order valence-corrected chi connectivity index (χ0v) is 9.51. The third kappa shape index (κ3) is 1.89. The molecule has 2 rings (SSSR count). The first kappa shape index (κ1) is 11.3. The van der Waals surface area contributed by atoms with Crippen LogP contribution in [0.4, 0.5) is 0 Å². The van der Waals surface area contributed by atoms with E-state index in [1.165, 1.54) is 16.9 Å². The van der Waals surface area contributed by atoms with E-state index in [9.17, 15) is 9.59 Å². The second-order valence-electron chi connectivity index (χ2n) is 3.45. The summed E-state index contributed by atoms with van der Waals surface area (Å²) in [5, 5.41) is 4.12. The SMILES string of the molecule is CCOC(=O)c1c(C)nn2cc(C=O)cnc12. The monoisotopic (exact) mass is 233 g/mol. The molecule has 88 valence electrons. The molecule has 2 aromatic rings. The topological polar surface area (TPSA) is 73.6 Å². The van der Waals surface area contributed by atoms with Gasteiger partial charge in [-0.2, -0.15) is 5.10 Å². The van der Waals surface area contributed by atoms with E-state index < -0.39 is 5.97 Å². The fourth-order valence-corrected chi connectivity index (χ4v) is 1.56. The molecular weight excluding hydrogens is 222 g/mol. The zero-order chi connectivity index (χ0) is 12.4. The third-order valence-corrected chi connectivity index (χ3v) is 2.28. The predicted molar refractivity (Wildman–Crippen MR) is 59.1 cm³/mol. The van der Waals surface area contributed by atoms with E-state index in [1.807, 2.05) is 0 Å². The van der Waals surface area contributed by atoms with Crippen LogP contribution in [-0.4, -0.2) is 33.5 Å². The number of rotatable bonds is 3. The molecule has 0 spiro atoms. The standard InChI is InChI=1S/C11H11N3O3/c1-3-17-11(16)9-7(2)13-14-5-8(6-15)4-12-10(9)14/h4-6H,3H2,1-2H3. The fourth-order valence-electron chi connectivity index (χ4n) is 1.56. The van der Waals surface area contributed by atoms with Crippen molar-refractivity contribution in [3.05, 3.63) is 29.2 Å². The number of aldehydes is 1. The van der Waals surface area contributed by atoms with E-state index in [1.54, 1.807) is 13.8 Å². The molecule has 0 fully saturated rings. The van der Waals surface area contributed by atoms with Crippen molar-refractivity contribution >= 4 is 17.9 Å². The molecule has 0 atom stereocenters. The average molecular weight is 233 g/mol. The van der Waals surface area contributed by atoms with Crippen molar-refractivity contribution in [3.63, 3.8) is 0 Å². The Bertz CT molecular complexity index is 589. The number of hydrogen-bond donors (Lipinski definition) is 0. The van der Waals surface area contributed by atoms with Crippen molar-refractivity contribution in [3.8, 4) is 0 Å². The predicted octanol–water partition coefficient (Wildman–Crippen LogP) is 1.03. The normalized spacial score (nSPS) is 10.5. The Balaban J connectivity index is 2.60. The molecule has 0 aliphatic rings. The molecule has 0 bridgehead atoms. The van der Waals surface area contributed by atoms with Crippen LogP contribution in [-0.2, 0) is 4.74 Å². The van der Waals surface area contributed by atoms with Gasteiger partial charge in [0, 0.05) is 12.4 Å². The van der Waals surface area contributed by atoms with Gasteiger partial charge in [-0.1, -0.05) is 0 Å². The molecule has 0 aromatic carbocycles. The summed E-state index contributed by atoms with van der Waals surface area (Å²) in [5.74, 6) is -0.452. The maximum atomic E-state index is 11.7.